The highest BCUT2D eigenvalue weighted by Crippen LogP contribution is 2.17. The van der Waals surface area contributed by atoms with Crippen LogP contribution in [0, 0.1) is 17.8 Å². The van der Waals surface area contributed by atoms with Crippen LogP contribution in [-0.2, 0) is 28.6 Å². The van der Waals surface area contributed by atoms with Crippen molar-refractivity contribution in [2.75, 3.05) is 13.2 Å². The van der Waals surface area contributed by atoms with E-state index >= 15 is 0 Å². The minimum atomic E-state index is -0.762. The van der Waals surface area contributed by atoms with Gasteiger partial charge in [-0.25, -0.2) is 0 Å². The van der Waals surface area contributed by atoms with E-state index in [0.29, 0.717) is 19.3 Å². The maximum Gasteiger partial charge on any atom is 0.306 e. The third-order valence-corrected chi connectivity index (χ3v) is 11.0. The summed E-state index contributed by atoms with van der Waals surface area (Å²) < 4.78 is 16.7. The molecule has 0 N–H and O–H groups in total. The van der Waals surface area contributed by atoms with Gasteiger partial charge in [0.2, 0.25) is 0 Å². The van der Waals surface area contributed by atoms with Crippen molar-refractivity contribution in [3.8, 4) is 0 Å². The largest absolute Gasteiger partial charge is 0.462 e. The van der Waals surface area contributed by atoms with E-state index in [9.17, 15) is 14.4 Å². The molecule has 0 rings (SSSR count). The van der Waals surface area contributed by atoms with Crippen LogP contribution in [-0.4, -0.2) is 37.2 Å². The monoisotopic (exact) mass is 765 g/mol. The van der Waals surface area contributed by atoms with Crippen LogP contribution in [0.4, 0.5) is 0 Å². The summed E-state index contributed by atoms with van der Waals surface area (Å²) in [6, 6.07) is 0. The van der Waals surface area contributed by atoms with Crippen LogP contribution in [0.25, 0.3) is 0 Å². The van der Waals surface area contributed by atoms with E-state index in [1.807, 2.05) is 0 Å². The number of unbranched alkanes of at least 4 members (excludes halogenated alkanes) is 23. The highest BCUT2D eigenvalue weighted by atomic mass is 16.6. The van der Waals surface area contributed by atoms with E-state index < -0.39 is 6.10 Å². The van der Waals surface area contributed by atoms with Crippen LogP contribution in [0.1, 0.15) is 253 Å². The van der Waals surface area contributed by atoms with E-state index in [2.05, 4.69) is 41.5 Å². The molecule has 0 spiro atoms. The van der Waals surface area contributed by atoms with Crippen LogP contribution >= 0.6 is 0 Å². The second-order valence-electron chi connectivity index (χ2n) is 17.6. The van der Waals surface area contributed by atoms with Gasteiger partial charge in [0, 0.05) is 19.3 Å². The Kier molecular flexibility index (Phi) is 38.5. The van der Waals surface area contributed by atoms with Gasteiger partial charge in [0.25, 0.3) is 0 Å². The van der Waals surface area contributed by atoms with Crippen molar-refractivity contribution in [2.45, 2.75) is 260 Å². The molecule has 6 nitrogen and oxygen atoms in total. The maximum absolute atomic E-state index is 12.7. The molecule has 0 amide bonds. The summed E-state index contributed by atoms with van der Waals surface area (Å²) in [7, 11) is 0. The average molecular weight is 765 g/mol. The molecule has 0 aromatic rings. The molecule has 0 bridgehead atoms. The third-order valence-electron chi connectivity index (χ3n) is 11.0. The average Bonchev–Trinajstić information content (AvgIpc) is 3.14. The van der Waals surface area contributed by atoms with Crippen molar-refractivity contribution in [3.05, 3.63) is 0 Å². The Bertz CT molecular complexity index is 839. The van der Waals surface area contributed by atoms with Crippen molar-refractivity contribution in [1.82, 2.24) is 0 Å². The Hall–Kier alpha value is -1.59. The van der Waals surface area contributed by atoms with Crippen LogP contribution in [0.3, 0.4) is 0 Å². The van der Waals surface area contributed by atoms with Gasteiger partial charge in [-0.3, -0.25) is 14.4 Å². The molecule has 2 atom stereocenters. The van der Waals surface area contributed by atoms with Gasteiger partial charge in [-0.15, -0.1) is 0 Å². The summed E-state index contributed by atoms with van der Waals surface area (Å²) in [5.74, 6) is 1.57. The Morgan fingerprint density at radius 1 is 0.370 bits per heavy atom. The fraction of sp³-hybridized carbons (Fsp3) is 0.938. The second kappa shape index (κ2) is 39.6. The SMILES string of the molecule is CCC(C)CCCCCCCCC(=O)OC[C@H](COC(=O)CCCCCCCCCC(C)C)OC(=O)CCCCCCCCCCCCCCCC(C)C. The van der Waals surface area contributed by atoms with E-state index in [4.69, 9.17) is 14.2 Å². The molecule has 0 aliphatic rings. The van der Waals surface area contributed by atoms with Crippen LogP contribution in [0.15, 0.2) is 0 Å². The number of hydrogen-bond donors (Lipinski definition) is 0. The van der Waals surface area contributed by atoms with Gasteiger partial charge in [0.15, 0.2) is 6.10 Å². The molecule has 0 aliphatic heterocycles. The molecule has 0 aromatic heterocycles. The molecule has 320 valence electrons. The first kappa shape index (κ1) is 52.4. The minimum Gasteiger partial charge on any atom is -0.462 e. The lowest BCUT2D eigenvalue weighted by Gasteiger charge is -2.18. The number of esters is 3. The summed E-state index contributed by atoms with van der Waals surface area (Å²) in [6.45, 7) is 13.6. The summed E-state index contributed by atoms with van der Waals surface area (Å²) in [6.07, 6.45) is 36.7. The minimum absolute atomic E-state index is 0.0670. The van der Waals surface area contributed by atoms with Gasteiger partial charge in [0.1, 0.15) is 13.2 Å². The van der Waals surface area contributed by atoms with E-state index in [-0.39, 0.29) is 31.1 Å². The number of ether oxygens (including phenoxy) is 3. The lowest BCUT2D eigenvalue weighted by atomic mass is 10.00. The number of hydrogen-bond acceptors (Lipinski definition) is 6. The van der Waals surface area contributed by atoms with Crippen LogP contribution < -0.4 is 0 Å². The first-order chi connectivity index (χ1) is 26.1. The van der Waals surface area contributed by atoms with E-state index in [1.165, 1.54) is 135 Å². The molecule has 0 saturated heterocycles. The first-order valence-electron chi connectivity index (χ1n) is 23.6. The number of carbonyl (C=O) groups is 3. The predicted octanol–water partition coefficient (Wildman–Crippen LogP) is 14.8. The summed E-state index contributed by atoms with van der Waals surface area (Å²) >= 11 is 0. The molecule has 0 aliphatic carbocycles. The molecular weight excluding hydrogens is 673 g/mol. The Morgan fingerprint density at radius 2 is 0.648 bits per heavy atom. The van der Waals surface area contributed by atoms with Crippen LogP contribution in [0.5, 0.6) is 0 Å². The maximum atomic E-state index is 12.7. The van der Waals surface area contributed by atoms with Gasteiger partial charge in [-0.1, -0.05) is 215 Å². The predicted molar refractivity (Wildman–Crippen MR) is 229 cm³/mol. The molecule has 54 heavy (non-hydrogen) atoms. The summed E-state index contributed by atoms with van der Waals surface area (Å²) in [4.78, 5) is 37.7. The zero-order valence-corrected chi connectivity index (χ0v) is 37.0. The lowest BCUT2D eigenvalue weighted by molar-refractivity contribution is -0.167. The molecule has 0 heterocycles. The molecule has 0 aromatic carbocycles. The second-order valence-corrected chi connectivity index (χ2v) is 17.6. The third kappa shape index (κ3) is 40.1. The number of carbonyl (C=O) groups excluding carboxylic acids is 3. The summed E-state index contributed by atoms with van der Waals surface area (Å²) in [5, 5.41) is 0. The molecule has 6 heteroatoms. The molecular formula is C48H92O6. The molecule has 1 unspecified atom stereocenters. The molecule has 0 radical (unpaired) electrons. The summed E-state index contributed by atoms with van der Waals surface area (Å²) in [5.41, 5.74) is 0. The van der Waals surface area contributed by atoms with Crippen molar-refractivity contribution in [1.29, 1.82) is 0 Å². The first-order valence-corrected chi connectivity index (χ1v) is 23.6. The normalized spacial score (nSPS) is 12.7. The van der Waals surface area contributed by atoms with Crippen molar-refractivity contribution >= 4 is 17.9 Å². The van der Waals surface area contributed by atoms with Gasteiger partial charge in [0.05, 0.1) is 0 Å². The molecule has 0 fully saturated rings. The van der Waals surface area contributed by atoms with Crippen molar-refractivity contribution in [3.63, 3.8) is 0 Å². The van der Waals surface area contributed by atoms with Crippen molar-refractivity contribution < 1.29 is 28.6 Å². The van der Waals surface area contributed by atoms with Gasteiger partial charge in [-0.05, 0) is 37.0 Å². The Balaban J connectivity index is 4.32. The zero-order valence-electron chi connectivity index (χ0n) is 37.0. The highest BCUT2D eigenvalue weighted by Gasteiger charge is 2.19. The van der Waals surface area contributed by atoms with Crippen LogP contribution in [0.2, 0.25) is 0 Å². The molecule has 0 saturated carbocycles. The zero-order chi connectivity index (χ0) is 39.9. The van der Waals surface area contributed by atoms with E-state index in [1.54, 1.807) is 0 Å². The smallest absolute Gasteiger partial charge is 0.306 e. The number of rotatable bonds is 41. The van der Waals surface area contributed by atoms with Crippen molar-refractivity contribution in [2.24, 2.45) is 17.8 Å². The van der Waals surface area contributed by atoms with E-state index in [0.717, 1.165) is 75.5 Å². The topological polar surface area (TPSA) is 78.9 Å². The Morgan fingerprint density at radius 3 is 0.963 bits per heavy atom. The van der Waals surface area contributed by atoms with Gasteiger partial charge < -0.3 is 14.2 Å². The standard InChI is InChI=1S/C48H92O6/c1-7-44(6)36-30-24-20-21-26-32-38-47(50)53-41-45(40-52-46(49)37-31-25-19-15-17-23-29-35-43(4)5)54-48(51)39-33-27-18-14-12-10-8-9-11-13-16-22-28-34-42(2)3/h42-45H,7-41H2,1-6H3/t44?,45-/m0/s1. The van der Waals surface area contributed by atoms with Gasteiger partial charge >= 0.3 is 17.9 Å². The highest BCUT2D eigenvalue weighted by molar-refractivity contribution is 5.71. The fourth-order valence-electron chi connectivity index (χ4n) is 7.02. The Labute approximate surface area is 336 Å². The fourth-order valence-corrected chi connectivity index (χ4v) is 7.02. The quantitative estimate of drug-likeness (QED) is 0.0350. The lowest BCUT2D eigenvalue weighted by Crippen LogP contribution is -2.30. The van der Waals surface area contributed by atoms with Gasteiger partial charge in [-0.2, -0.15) is 0 Å².